The van der Waals surface area contributed by atoms with E-state index in [0.717, 1.165) is 25.9 Å². The lowest BCUT2D eigenvalue weighted by molar-refractivity contribution is 0.361. The van der Waals surface area contributed by atoms with Crippen LogP contribution >= 0.6 is 0 Å². The smallest absolute Gasteiger partial charge is 0.123 e. The van der Waals surface area contributed by atoms with Gasteiger partial charge in [-0.1, -0.05) is 19.1 Å². The Hall–Kier alpha value is -0.930. The maximum absolute atomic E-state index is 12.9. The van der Waals surface area contributed by atoms with Crippen molar-refractivity contribution in [1.82, 2.24) is 10.2 Å². The number of benzene rings is 1. The number of nitrogens with one attached hydrogen (secondary N) is 1. The molecule has 0 fully saturated rings. The zero-order valence-electron chi connectivity index (χ0n) is 11.0. The van der Waals surface area contributed by atoms with Gasteiger partial charge in [-0.15, -0.1) is 0 Å². The summed E-state index contributed by atoms with van der Waals surface area (Å²) in [5, 5.41) is 3.51. The van der Waals surface area contributed by atoms with Crippen molar-refractivity contribution in [3.63, 3.8) is 0 Å². The largest absolute Gasteiger partial charge is 0.310 e. The van der Waals surface area contributed by atoms with Gasteiger partial charge in [0.2, 0.25) is 0 Å². The Bertz CT molecular complexity index is 309. The van der Waals surface area contributed by atoms with Crippen LogP contribution in [0.3, 0.4) is 0 Å². The van der Waals surface area contributed by atoms with Crippen molar-refractivity contribution >= 4 is 0 Å². The van der Waals surface area contributed by atoms with E-state index < -0.39 is 0 Å². The molecular formula is C14H23FN2. The zero-order chi connectivity index (χ0) is 12.7. The van der Waals surface area contributed by atoms with Crippen molar-refractivity contribution in [3.8, 4) is 0 Å². The molecule has 0 aliphatic heterocycles. The van der Waals surface area contributed by atoms with Gasteiger partial charge in [-0.25, -0.2) is 4.39 Å². The van der Waals surface area contributed by atoms with Crippen molar-refractivity contribution in [3.05, 3.63) is 35.6 Å². The number of rotatable bonds is 7. The minimum Gasteiger partial charge on any atom is -0.310 e. The number of hydrogen-bond donors (Lipinski definition) is 1. The van der Waals surface area contributed by atoms with Crippen molar-refractivity contribution in [2.75, 3.05) is 27.2 Å². The average Bonchev–Trinajstić information content (AvgIpc) is 2.30. The molecule has 1 aromatic carbocycles. The number of hydrogen-bond acceptors (Lipinski definition) is 2. The van der Waals surface area contributed by atoms with Gasteiger partial charge in [0.1, 0.15) is 5.82 Å². The molecule has 2 nitrogen and oxygen atoms in total. The van der Waals surface area contributed by atoms with Crippen molar-refractivity contribution < 1.29 is 4.39 Å². The summed E-state index contributed by atoms with van der Waals surface area (Å²) in [6.07, 6.45) is 2.15. The summed E-state index contributed by atoms with van der Waals surface area (Å²) < 4.78 is 12.9. The highest BCUT2D eigenvalue weighted by Gasteiger charge is 2.10. The van der Waals surface area contributed by atoms with Crippen LogP contribution in [0.25, 0.3) is 0 Å². The van der Waals surface area contributed by atoms with Gasteiger partial charge in [0.15, 0.2) is 0 Å². The van der Waals surface area contributed by atoms with E-state index in [1.165, 1.54) is 17.7 Å². The lowest BCUT2D eigenvalue weighted by atomic mass is 10.0. The Kier molecular flexibility index (Phi) is 6.16. The predicted octanol–water partition coefficient (Wildman–Crippen LogP) is 2.82. The fourth-order valence-corrected chi connectivity index (χ4v) is 1.79. The topological polar surface area (TPSA) is 15.3 Å². The Labute approximate surface area is 104 Å². The molecule has 0 amide bonds. The molecule has 0 bridgehead atoms. The van der Waals surface area contributed by atoms with Crippen LogP contribution in [-0.2, 0) is 0 Å². The molecule has 17 heavy (non-hydrogen) atoms. The molecule has 0 saturated carbocycles. The molecule has 3 heteroatoms. The Morgan fingerprint density at radius 3 is 2.41 bits per heavy atom. The monoisotopic (exact) mass is 238 g/mol. The molecule has 0 aliphatic carbocycles. The summed E-state index contributed by atoms with van der Waals surface area (Å²) in [6.45, 7) is 4.18. The molecule has 96 valence electrons. The van der Waals surface area contributed by atoms with Gasteiger partial charge in [0.25, 0.3) is 0 Å². The van der Waals surface area contributed by atoms with E-state index in [1.807, 2.05) is 12.1 Å². The molecule has 0 aliphatic rings. The van der Waals surface area contributed by atoms with Crippen LogP contribution in [0, 0.1) is 5.82 Å². The van der Waals surface area contributed by atoms with Crippen LogP contribution in [0.4, 0.5) is 4.39 Å². The summed E-state index contributed by atoms with van der Waals surface area (Å²) in [4.78, 5) is 2.17. The van der Waals surface area contributed by atoms with E-state index in [9.17, 15) is 4.39 Å². The van der Waals surface area contributed by atoms with E-state index in [-0.39, 0.29) is 5.82 Å². The predicted molar refractivity (Wildman–Crippen MR) is 70.6 cm³/mol. The maximum atomic E-state index is 12.9. The first-order valence-corrected chi connectivity index (χ1v) is 6.27. The molecule has 1 aromatic rings. The minimum absolute atomic E-state index is 0.171. The van der Waals surface area contributed by atoms with Crippen LogP contribution in [0.15, 0.2) is 24.3 Å². The van der Waals surface area contributed by atoms with E-state index >= 15 is 0 Å². The van der Waals surface area contributed by atoms with E-state index in [2.05, 4.69) is 31.2 Å². The average molecular weight is 238 g/mol. The molecule has 1 atom stereocenters. The lowest BCUT2D eigenvalue weighted by Crippen LogP contribution is -2.26. The standard InChI is InChI=1S/C14H23FN2/c1-4-10-16-14(9-11-17(2)3)12-5-7-13(15)8-6-12/h5-8,14,16H,4,9-11H2,1-3H3. The molecule has 1 N–H and O–H groups in total. The summed E-state index contributed by atoms with van der Waals surface area (Å²) in [6, 6.07) is 7.13. The molecule has 1 rings (SSSR count). The Morgan fingerprint density at radius 1 is 1.24 bits per heavy atom. The summed E-state index contributed by atoms with van der Waals surface area (Å²) in [5.41, 5.74) is 1.17. The molecule has 0 spiro atoms. The quantitative estimate of drug-likeness (QED) is 0.786. The molecule has 0 saturated heterocycles. The van der Waals surface area contributed by atoms with Crippen LogP contribution in [0.1, 0.15) is 31.4 Å². The van der Waals surface area contributed by atoms with Gasteiger partial charge in [0, 0.05) is 6.04 Å². The molecular weight excluding hydrogens is 215 g/mol. The Morgan fingerprint density at radius 2 is 1.88 bits per heavy atom. The Balaban J connectivity index is 2.63. The van der Waals surface area contributed by atoms with E-state index in [1.54, 1.807) is 0 Å². The van der Waals surface area contributed by atoms with E-state index in [4.69, 9.17) is 0 Å². The normalized spacial score (nSPS) is 13.0. The van der Waals surface area contributed by atoms with Gasteiger partial charge in [-0.3, -0.25) is 0 Å². The number of halogens is 1. The van der Waals surface area contributed by atoms with Crippen molar-refractivity contribution in [2.45, 2.75) is 25.8 Å². The number of nitrogens with zero attached hydrogens (tertiary/aromatic N) is 1. The van der Waals surface area contributed by atoms with Gasteiger partial charge in [-0.05, 0) is 57.7 Å². The van der Waals surface area contributed by atoms with Gasteiger partial charge >= 0.3 is 0 Å². The summed E-state index contributed by atoms with van der Waals surface area (Å²) >= 11 is 0. The van der Waals surface area contributed by atoms with Crippen LogP contribution < -0.4 is 5.32 Å². The van der Waals surface area contributed by atoms with Crippen molar-refractivity contribution in [2.24, 2.45) is 0 Å². The SMILES string of the molecule is CCCNC(CCN(C)C)c1ccc(F)cc1. The highest BCUT2D eigenvalue weighted by atomic mass is 19.1. The van der Waals surface area contributed by atoms with Gasteiger partial charge < -0.3 is 10.2 Å². The highest BCUT2D eigenvalue weighted by molar-refractivity contribution is 5.19. The fourth-order valence-electron chi connectivity index (χ4n) is 1.79. The molecule has 1 unspecified atom stereocenters. The third-order valence-electron chi connectivity index (χ3n) is 2.78. The summed E-state index contributed by atoms with van der Waals surface area (Å²) in [5.74, 6) is -0.171. The van der Waals surface area contributed by atoms with Crippen LogP contribution in [0.2, 0.25) is 0 Å². The lowest BCUT2D eigenvalue weighted by Gasteiger charge is -2.21. The third kappa shape index (κ3) is 5.29. The van der Waals surface area contributed by atoms with E-state index in [0.29, 0.717) is 6.04 Å². The molecule has 0 aromatic heterocycles. The maximum Gasteiger partial charge on any atom is 0.123 e. The second kappa shape index (κ2) is 7.41. The first-order valence-electron chi connectivity index (χ1n) is 6.27. The molecule has 0 radical (unpaired) electrons. The molecule has 0 heterocycles. The second-order valence-corrected chi connectivity index (χ2v) is 4.65. The fraction of sp³-hybridized carbons (Fsp3) is 0.571. The van der Waals surface area contributed by atoms with Crippen molar-refractivity contribution in [1.29, 1.82) is 0 Å². The third-order valence-corrected chi connectivity index (χ3v) is 2.78. The first-order chi connectivity index (χ1) is 8.13. The van der Waals surface area contributed by atoms with Gasteiger partial charge in [-0.2, -0.15) is 0 Å². The van der Waals surface area contributed by atoms with Crippen LogP contribution in [0.5, 0.6) is 0 Å². The van der Waals surface area contributed by atoms with Gasteiger partial charge in [0.05, 0.1) is 0 Å². The zero-order valence-corrected chi connectivity index (χ0v) is 11.0. The summed E-state index contributed by atoms with van der Waals surface area (Å²) in [7, 11) is 4.14. The van der Waals surface area contributed by atoms with Crippen LogP contribution in [-0.4, -0.2) is 32.1 Å². The second-order valence-electron chi connectivity index (χ2n) is 4.65. The minimum atomic E-state index is -0.171. The highest BCUT2D eigenvalue weighted by Crippen LogP contribution is 2.17. The first kappa shape index (κ1) is 14.1.